The summed E-state index contributed by atoms with van der Waals surface area (Å²) in [4.78, 5) is 0. The summed E-state index contributed by atoms with van der Waals surface area (Å²) in [7, 11) is 0. The fourth-order valence-corrected chi connectivity index (χ4v) is 1.48. The van der Waals surface area contributed by atoms with Crippen LogP contribution >= 0.6 is 11.6 Å². The Bertz CT molecular complexity index is 317. The van der Waals surface area contributed by atoms with E-state index in [4.69, 9.17) is 21.1 Å². The molecule has 1 heterocycles. The summed E-state index contributed by atoms with van der Waals surface area (Å²) in [6.45, 7) is 1.95. The quantitative estimate of drug-likeness (QED) is 0.611. The third-order valence-electron chi connectivity index (χ3n) is 2.04. The SMILES string of the molecule is ClCCNCc1ccc2c(c1)OCO2. The van der Waals surface area contributed by atoms with E-state index in [1.807, 2.05) is 18.2 Å². The van der Waals surface area contributed by atoms with Crippen LogP contribution in [0.5, 0.6) is 11.5 Å². The first-order valence-electron chi connectivity index (χ1n) is 4.55. The highest BCUT2D eigenvalue weighted by Gasteiger charge is 2.12. The molecular weight excluding hydrogens is 202 g/mol. The number of ether oxygens (including phenoxy) is 2. The number of halogens is 1. The van der Waals surface area contributed by atoms with Gasteiger partial charge in [-0.15, -0.1) is 11.6 Å². The standard InChI is InChI=1S/C10H12ClNO2/c11-3-4-12-6-8-1-2-9-10(5-8)14-7-13-9/h1-2,5,12H,3-4,6-7H2. The topological polar surface area (TPSA) is 30.5 Å². The molecule has 1 aliphatic heterocycles. The molecule has 0 atom stereocenters. The molecule has 0 amide bonds. The first-order valence-corrected chi connectivity index (χ1v) is 5.09. The molecule has 1 aromatic carbocycles. The van der Waals surface area contributed by atoms with Crippen LogP contribution in [0.3, 0.4) is 0 Å². The van der Waals surface area contributed by atoms with Gasteiger partial charge >= 0.3 is 0 Å². The van der Waals surface area contributed by atoms with Gasteiger partial charge in [0.15, 0.2) is 11.5 Å². The van der Waals surface area contributed by atoms with Crippen molar-refractivity contribution < 1.29 is 9.47 Å². The summed E-state index contributed by atoms with van der Waals surface area (Å²) in [5, 5.41) is 3.21. The number of benzene rings is 1. The molecule has 0 saturated carbocycles. The first-order chi connectivity index (χ1) is 6.90. The lowest BCUT2D eigenvalue weighted by molar-refractivity contribution is 0.174. The Hall–Kier alpha value is -0.930. The summed E-state index contributed by atoms with van der Waals surface area (Å²) < 4.78 is 10.5. The Balaban J connectivity index is 1.98. The van der Waals surface area contributed by atoms with Gasteiger partial charge in [-0.25, -0.2) is 0 Å². The number of hydrogen-bond acceptors (Lipinski definition) is 3. The van der Waals surface area contributed by atoms with Crippen LogP contribution in [-0.2, 0) is 6.54 Å². The molecule has 1 aliphatic rings. The molecule has 76 valence electrons. The number of hydrogen-bond donors (Lipinski definition) is 1. The van der Waals surface area contributed by atoms with E-state index in [9.17, 15) is 0 Å². The van der Waals surface area contributed by atoms with Gasteiger partial charge in [0.25, 0.3) is 0 Å². The van der Waals surface area contributed by atoms with Gasteiger partial charge in [-0.1, -0.05) is 6.07 Å². The van der Waals surface area contributed by atoms with Crippen LogP contribution in [0.15, 0.2) is 18.2 Å². The van der Waals surface area contributed by atoms with Crippen molar-refractivity contribution in [3.63, 3.8) is 0 Å². The van der Waals surface area contributed by atoms with Crippen molar-refractivity contribution in [2.75, 3.05) is 19.2 Å². The molecule has 0 unspecified atom stereocenters. The Morgan fingerprint density at radius 1 is 1.29 bits per heavy atom. The molecule has 0 radical (unpaired) electrons. The lowest BCUT2D eigenvalue weighted by Gasteiger charge is -2.03. The van der Waals surface area contributed by atoms with Gasteiger partial charge < -0.3 is 14.8 Å². The van der Waals surface area contributed by atoms with Crippen LogP contribution in [0.4, 0.5) is 0 Å². The van der Waals surface area contributed by atoms with Gasteiger partial charge in [-0.05, 0) is 17.7 Å². The van der Waals surface area contributed by atoms with E-state index < -0.39 is 0 Å². The summed E-state index contributed by atoms with van der Waals surface area (Å²) in [5.41, 5.74) is 1.18. The third kappa shape index (κ3) is 2.11. The van der Waals surface area contributed by atoms with Gasteiger partial charge in [0.05, 0.1) is 0 Å². The van der Waals surface area contributed by atoms with Crippen molar-refractivity contribution in [1.82, 2.24) is 5.32 Å². The number of rotatable bonds is 4. The maximum atomic E-state index is 5.55. The van der Waals surface area contributed by atoms with Crippen LogP contribution in [0, 0.1) is 0 Å². The second-order valence-electron chi connectivity index (χ2n) is 3.05. The molecule has 0 aromatic heterocycles. The van der Waals surface area contributed by atoms with Crippen molar-refractivity contribution in [2.24, 2.45) is 0 Å². The molecule has 0 bridgehead atoms. The Kier molecular flexibility index (Phi) is 3.11. The maximum Gasteiger partial charge on any atom is 0.231 e. The summed E-state index contributed by atoms with van der Waals surface area (Å²) in [5.74, 6) is 2.28. The second-order valence-corrected chi connectivity index (χ2v) is 3.43. The highest BCUT2D eigenvalue weighted by atomic mass is 35.5. The van der Waals surface area contributed by atoms with Crippen LogP contribution < -0.4 is 14.8 Å². The predicted molar refractivity (Wildman–Crippen MR) is 55.0 cm³/mol. The number of nitrogens with one attached hydrogen (secondary N) is 1. The minimum absolute atomic E-state index is 0.327. The van der Waals surface area contributed by atoms with Crippen LogP contribution in [0.25, 0.3) is 0 Å². The third-order valence-corrected chi connectivity index (χ3v) is 2.23. The van der Waals surface area contributed by atoms with Gasteiger partial charge in [0.2, 0.25) is 6.79 Å². The number of alkyl halides is 1. The fourth-order valence-electron chi connectivity index (χ4n) is 1.35. The minimum Gasteiger partial charge on any atom is -0.454 e. The van der Waals surface area contributed by atoms with Crippen molar-refractivity contribution in [1.29, 1.82) is 0 Å². The molecule has 0 aliphatic carbocycles. The van der Waals surface area contributed by atoms with Gasteiger partial charge in [0, 0.05) is 19.0 Å². The van der Waals surface area contributed by atoms with Crippen LogP contribution in [0.1, 0.15) is 5.56 Å². The number of fused-ring (bicyclic) bond motifs is 1. The van der Waals surface area contributed by atoms with E-state index in [1.165, 1.54) is 5.56 Å². The van der Waals surface area contributed by atoms with Crippen LogP contribution in [0.2, 0.25) is 0 Å². The van der Waals surface area contributed by atoms with E-state index in [1.54, 1.807) is 0 Å². The lowest BCUT2D eigenvalue weighted by Crippen LogP contribution is -2.15. The van der Waals surface area contributed by atoms with Crippen molar-refractivity contribution in [3.8, 4) is 11.5 Å². The summed E-state index contributed by atoms with van der Waals surface area (Å²) in [6, 6.07) is 5.94. The smallest absolute Gasteiger partial charge is 0.231 e. The monoisotopic (exact) mass is 213 g/mol. The predicted octanol–water partition coefficient (Wildman–Crippen LogP) is 1.74. The Morgan fingerprint density at radius 3 is 3.00 bits per heavy atom. The minimum atomic E-state index is 0.327. The molecule has 1 N–H and O–H groups in total. The average molecular weight is 214 g/mol. The molecule has 1 aromatic rings. The van der Waals surface area contributed by atoms with E-state index >= 15 is 0 Å². The van der Waals surface area contributed by atoms with Crippen LogP contribution in [-0.4, -0.2) is 19.2 Å². The fraction of sp³-hybridized carbons (Fsp3) is 0.400. The van der Waals surface area contributed by atoms with E-state index in [2.05, 4.69) is 5.32 Å². The summed E-state index contributed by atoms with van der Waals surface area (Å²) in [6.07, 6.45) is 0. The average Bonchev–Trinajstić information content (AvgIpc) is 2.65. The molecule has 2 rings (SSSR count). The van der Waals surface area contributed by atoms with Crippen molar-refractivity contribution in [2.45, 2.75) is 6.54 Å². The molecule has 0 spiro atoms. The van der Waals surface area contributed by atoms with E-state index in [-0.39, 0.29) is 0 Å². The summed E-state index contributed by atoms with van der Waals surface area (Å²) >= 11 is 5.55. The Morgan fingerprint density at radius 2 is 2.14 bits per heavy atom. The zero-order valence-corrected chi connectivity index (χ0v) is 8.51. The maximum absolute atomic E-state index is 5.55. The lowest BCUT2D eigenvalue weighted by atomic mass is 10.2. The molecule has 0 saturated heterocycles. The second kappa shape index (κ2) is 4.53. The van der Waals surface area contributed by atoms with E-state index in [0.29, 0.717) is 12.7 Å². The first kappa shape index (κ1) is 9.62. The Labute approximate surface area is 88.0 Å². The largest absolute Gasteiger partial charge is 0.454 e. The van der Waals surface area contributed by atoms with Gasteiger partial charge in [-0.2, -0.15) is 0 Å². The zero-order valence-electron chi connectivity index (χ0n) is 7.75. The van der Waals surface area contributed by atoms with Crippen molar-refractivity contribution >= 4 is 11.6 Å². The van der Waals surface area contributed by atoms with Gasteiger partial charge in [0.1, 0.15) is 0 Å². The highest BCUT2D eigenvalue weighted by Crippen LogP contribution is 2.32. The molecule has 0 fully saturated rings. The zero-order chi connectivity index (χ0) is 9.80. The van der Waals surface area contributed by atoms with E-state index in [0.717, 1.165) is 24.6 Å². The van der Waals surface area contributed by atoms with Crippen molar-refractivity contribution in [3.05, 3.63) is 23.8 Å². The molecule has 14 heavy (non-hydrogen) atoms. The van der Waals surface area contributed by atoms with Gasteiger partial charge in [-0.3, -0.25) is 0 Å². The normalized spacial score (nSPS) is 13.2. The highest BCUT2D eigenvalue weighted by molar-refractivity contribution is 6.18. The molecular formula is C10H12ClNO2. The molecule has 3 nitrogen and oxygen atoms in total. The molecule has 4 heteroatoms.